The van der Waals surface area contributed by atoms with Gasteiger partial charge in [-0.15, -0.1) is 0 Å². The van der Waals surface area contributed by atoms with Gasteiger partial charge in [0.15, 0.2) is 0 Å². The molecular weight excluding hydrogens is 216 g/mol. The molecule has 0 radical (unpaired) electrons. The summed E-state index contributed by atoms with van der Waals surface area (Å²) in [6.45, 7) is 5.21. The molecule has 94 valence electrons. The highest BCUT2D eigenvalue weighted by atomic mass is 19.3. The van der Waals surface area contributed by atoms with E-state index in [-0.39, 0.29) is 12.8 Å². The van der Waals surface area contributed by atoms with Gasteiger partial charge in [-0.05, 0) is 33.6 Å². The molecule has 1 atom stereocenters. The van der Waals surface area contributed by atoms with E-state index >= 15 is 0 Å². The smallest absolute Gasteiger partial charge is 0.407 e. The fraction of sp³-hybridized carbons (Fsp3) is 0.909. The van der Waals surface area contributed by atoms with Crippen LogP contribution in [-0.2, 0) is 4.74 Å². The summed E-state index contributed by atoms with van der Waals surface area (Å²) in [4.78, 5) is 11.4. The van der Waals surface area contributed by atoms with Crippen LogP contribution in [0.25, 0.3) is 0 Å². The Morgan fingerprint density at radius 2 is 2.06 bits per heavy atom. The second kappa shape index (κ2) is 4.55. The lowest BCUT2D eigenvalue weighted by Gasteiger charge is -2.30. The lowest BCUT2D eigenvalue weighted by molar-refractivity contribution is -0.0447. The van der Waals surface area contributed by atoms with Crippen LogP contribution in [-0.4, -0.2) is 23.7 Å². The minimum Gasteiger partial charge on any atom is -0.444 e. The Labute approximate surface area is 94.5 Å². The maximum absolute atomic E-state index is 13.1. The molecule has 1 fully saturated rings. The molecule has 0 spiro atoms. The van der Waals surface area contributed by atoms with E-state index in [4.69, 9.17) is 4.74 Å². The number of alkyl carbamates (subject to hydrolysis) is 1. The number of hydrogen-bond donors (Lipinski definition) is 1. The zero-order chi connectivity index (χ0) is 12.4. The number of halogens is 2. The maximum Gasteiger partial charge on any atom is 0.407 e. The molecule has 0 bridgehead atoms. The molecule has 0 saturated heterocycles. The van der Waals surface area contributed by atoms with Gasteiger partial charge in [-0.3, -0.25) is 0 Å². The van der Waals surface area contributed by atoms with E-state index in [0.717, 1.165) is 0 Å². The predicted molar refractivity (Wildman–Crippen MR) is 56.6 cm³/mol. The predicted octanol–water partition coefficient (Wildman–Crippen LogP) is 3.09. The minimum absolute atomic E-state index is 0.0838. The van der Waals surface area contributed by atoms with Gasteiger partial charge in [-0.1, -0.05) is 0 Å². The van der Waals surface area contributed by atoms with Crippen LogP contribution < -0.4 is 5.32 Å². The van der Waals surface area contributed by atoms with Crippen LogP contribution in [0.2, 0.25) is 0 Å². The number of ether oxygens (including phenoxy) is 1. The first-order valence-corrected chi connectivity index (χ1v) is 5.55. The van der Waals surface area contributed by atoms with Crippen molar-refractivity contribution in [2.75, 3.05) is 0 Å². The van der Waals surface area contributed by atoms with Gasteiger partial charge in [0.1, 0.15) is 5.60 Å². The quantitative estimate of drug-likeness (QED) is 0.758. The highest BCUT2D eigenvalue weighted by molar-refractivity contribution is 5.68. The van der Waals surface area contributed by atoms with Gasteiger partial charge in [0, 0.05) is 18.9 Å². The monoisotopic (exact) mass is 235 g/mol. The molecule has 1 amide bonds. The van der Waals surface area contributed by atoms with Crippen LogP contribution in [0.3, 0.4) is 0 Å². The lowest BCUT2D eigenvalue weighted by atomic mass is 9.92. The lowest BCUT2D eigenvalue weighted by Crippen LogP contribution is -2.44. The summed E-state index contributed by atoms with van der Waals surface area (Å²) in [6, 6.07) is -0.474. The van der Waals surface area contributed by atoms with Gasteiger partial charge in [-0.2, -0.15) is 0 Å². The number of alkyl halides is 2. The van der Waals surface area contributed by atoms with Crippen molar-refractivity contribution in [3.8, 4) is 0 Å². The van der Waals surface area contributed by atoms with E-state index in [1.54, 1.807) is 20.8 Å². The summed E-state index contributed by atoms with van der Waals surface area (Å²) < 4.78 is 31.1. The van der Waals surface area contributed by atoms with Gasteiger partial charge < -0.3 is 10.1 Å². The number of nitrogens with one attached hydrogen (secondary N) is 1. The van der Waals surface area contributed by atoms with Crippen LogP contribution in [0.1, 0.15) is 46.5 Å². The third-order valence-corrected chi connectivity index (χ3v) is 2.36. The molecule has 1 rings (SSSR count). The van der Waals surface area contributed by atoms with Crippen LogP contribution in [0.5, 0.6) is 0 Å². The molecule has 1 aliphatic carbocycles. The molecular formula is C11H19F2NO2. The maximum atomic E-state index is 13.1. The zero-order valence-electron chi connectivity index (χ0n) is 9.98. The van der Waals surface area contributed by atoms with Crippen molar-refractivity contribution < 1.29 is 18.3 Å². The first-order chi connectivity index (χ1) is 7.18. The van der Waals surface area contributed by atoms with Crippen LogP contribution in [0.15, 0.2) is 0 Å². The van der Waals surface area contributed by atoms with Crippen molar-refractivity contribution in [1.82, 2.24) is 5.32 Å². The standard InChI is InChI=1S/C11H19F2NO2/c1-10(2,3)16-9(15)14-8-5-4-6-11(12,13)7-8/h8H,4-7H2,1-3H3,(H,14,15). The molecule has 16 heavy (non-hydrogen) atoms. The summed E-state index contributed by atoms with van der Waals surface area (Å²) in [7, 11) is 0. The third kappa shape index (κ3) is 4.77. The van der Waals surface area contributed by atoms with Gasteiger partial charge in [0.2, 0.25) is 5.92 Å². The summed E-state index contributed by atoms with van der Waals surface area (Å²) in [5, 5.41) is 2.49. The van der Waals surface area contributed by atoms with Gasteiger partial charge in [0.05, 0.1) is 0 Å². The highest BCUT2D eigenvalue weighted by Gasteiger charge is 2.37. The molecule has 1 unspecified atom stereocenters. The molecule has 0 heterocycles. The number of carbonyl (C=O) groups is 1. The Balaban J connectivity index is 2.40. The second-order valence-electron chi connectivity index (χ2n) is 5.30. The van der Waals surface area contributed by atoms with E-state index in [9.17, 15) is 13.6 Å². The topological polar surface area (TPSA) is 38.3 Å². The number of rotatable bonds is 1. The Kier molecular flexibility index (Phi) is 3.76. The molecule has 5 heteroatoms. The Bertz CT molecular complexity index is 261. The Morgan fingerprint density at radius 3 is 2.56 bits per heavy atom. The SMILES string of the molecule is CC(C)(C)OC(=O)NC1CCCC(F)(F)C1. The average Bonchev–Trinajstić information content (AvgIpc) is 1.96. The van der Waals surface area contributed by atoms with Crippen molar-refractivity contribution in [2.45, 2.75) is 64.0 Å². The fourth-order valence-electron chi connectivity index (χ4n) is 1.77. The molecule has 3 nitrogen and oxygen atoms in total. The second-order valence-corrected chi connectivity index (χ2v) is 5.30. The molecule has 1 saturated carbocycles. The van der Waals surface area contributed by atoms with Crippen molar-refractivity contribution in [3.63, 3.8) is 0 Å². The van der Waals surface area contributed by atoms with E-state index < -0.39 is 23.7 Å². The van der Waals surface area contributed by atoms with Crippen molar-refractivity contribution >= 4 is 6.09 Å². The molecule has 0 aromatic carbocycles. The molecule has 1 N–H and O–H groups in total. The third-order valence-electron chi connectivity index (χ3n) is 2.36. The summed E-state index contributed by atoms with van der Waals surface area (Å²) in [5.41, 5.74) is -0.596. The highest BCUT2D eigenvalue weighted by Crippen LogP contribution is 2.33. The molecule has 0 aromatic heterocycles. The van der Waals surface area contributed by atoms with Crippen LogP contribution in [0.4, 0.5) is 13.6 Å². The summed E-state index contributed by atoms with van der Waals surface area (Å²) >= 11 is 0. The van der Waals surface area contributed by atoms with Crippen LogP contribution >= 0.6 is 0 Å². The normalized spacial score (nSPS) is 24.9. The first kappa shape index (κ1) is 13.2. The Hall–Kier alpha value is -0.870. The summed E-state index contributed by atoms with van der Waals surface area (Å²) in [5.74, 6) is -2.65. The number of amides is 1. The van der Waals surface area contributed by atoms with Crippen LogP contribution in [0, 0.1) is 0 Å². The van der Waals surface area contributed by atoms with E-state index in [1.165, 1.54) is 0 Å². The number of hydrogen-bond acceptors (Lipinski definition) is 2. The summed E-state index contributed by atoms with van der Waals surface area (Å²) in [6.07, 6.45) is 0.0452. The molecule has 0 aromatic rings. The zero-order valence-corrected chi connectivity index (χ0v) is 9.98. The van der Waals surface area contributed by atoms with Gasteiger partial charge in [0.25, 0.3) is 0 Å². The largest absolute Gasteiger partial charge is 0.444 e. The van der Waals surface area contributed by atoms with Gasteiger partial charge in [-0.25, -0.2) is 13.6 Å². The minimum atomic E-state index is -2.65. The van der Waals surface area contributed by atoms with Gasteiger partial charge >= 0.3 is 6.09 Å². The molecule has 0 aliphatic heterocycles. The van der Waals surface area contributed by atoms with E-state index in [2.05, 4.69) is 5.32 Å². The van der Waals surface area contributed by atoms with E-state index in [0.29, 0.717) is 12.8 Å². The first-order valence-electron chi connectivity index (χ1n) is 5.55. The average molecular weight is 235 g/mol. The molecule has 1 aliphatic rings. The van der Waals surface area contributed by atoms with Crippen molar-refractivity contribution in [3.05, 3.63) is 0 Å². The van der Waals surface area contributed by atoms with E-state index in [1.807, 2.05) is 0 Å². The van der Waals surface area contributed by atoms with Crippen molar-refractivity contribution in [2.24, 2.45) is 0 Å². The Morgan fingerprint density at radius 1 is 1.44 bits per heavy atom. The number of carbonyl (C=O) groups excluding carboxylic acids is 1. The van der Waals surface area contributed by atoms with Crippen molar-refractivity contribution in [1.29, 1.82) is 0 Å². The fourth-order valence-corrected chi connectivity index (χ4v) is 1.77.